The second kappa shape index (κ2) is 9.62. The highest BCUT2D eigenvalue weighted by atomic mass is 32.2. The lowest BCUT2D eigenvalue weighted by Crippen LogP contribution is -2.48. The lowest BCUT2D eigenvalue weighted by Gasteiger charge is -2.34. The number of anilines is 2. The number of halogens is 2. The second-order valence-corrected chi connectivity index (χ2v) is 9.32. The predicted molar refractivity (Wildman–Crippen MR) is 116 cm³/mol. The Labute approximate surface area is 193 Å². The molecule has 3 aromatic rings. The highest BCUT2D eigenvalue weighted by molar-refractivity contribution is 7.91. The monoisotopic (exact) mass is 491 g/mol. The maximum absolute atomic E-state index is 12.6. The molecule has 178 valence electrons. The Balaban J connectivity index is 1.32. The third-order valence-electron chi connectivity index (χ3n) is 5.18. The first-order valence-corrected chi connectivity index (χ1v) is 11.7. The SMILES string of the molecule is N#Cc1nc(-c2ccco2)oc1N1CCN(CC(=O)Nc2ccc(S(=O)(=O)C(F)F)cc2)CC1. The van der Waals surface area contributed by atoms with E-state index in [1.807, 2.05) is 15.9 Å². The topological polar surface area (TPSA) is 133 Å². The number of nitrogens with zero attached hydrogens (tertiary/aromatic N) is 4. The van der Waals surface area contributed by atoms with E-state index in [2.05, 4.69) is 10.3 Å². The van der Waals surface area contributed by atoms with E-state index in [1.54, 1.807) is 12.1 Å². The molecule has 1 amide bonds. The molecule has 0 atom stereocenters. The molecule has 4 rings (SSSR count). The fourth-order valence-electron chi connectivity index (χ4n) is 3.45. The molecular weight excluding hydrogens is 472 g/mol. The van der Waals surface area contributed by atoms with Crippen molar-refractivity contribution in [1.29, 1.82) is 5.26 Å². The molecule has 0 aliphatic carbocycles. The predicted octanol–water partition coefficient (Wildman–Crippen LogP) is 2.56. The molecule has 0 saturated carbocycles. The second-order valence-electron chi connectivity index (χ2n) is 7.40. The van der Waals surface area contributed by atoms with E-state index in [0.717, 1.165) is 12.1 Å². The van der Waals surface area contributed by atoms with Crippen LogP contribution < -0.4 is 10.2 Å². The number of carbonyl (C=O) groups excluding carboxylic acids is 1. The molecule has 0 bridgehead atoms. The number of piperazine rings is 1. The number of sulfone groups is 1. The molecule has 10 nitrogen and oxygen atoms in total. The number of aromatic nitrogens is 1. The van der Waals surface area contributed by atoms with Crippen molar-refractivity contribution in [2.75, 3.05) is 42.9 Å². The Morgan fingerprint density at radius 3 is 2.47 bits per heavy atom. The van der Waals surface area contributed by atoms with Gasteiger partial charge in [0, 0.05) is 31.9 Å². The number of hydrogen-bond donors (Lipinski definition) is 1. The number of nitriles is 1. The number of oxazole rings is 1. The Bertz CT molecular complexity index is 1290. The van der Waals surface area contributed by atoms with Crippen LogP contribution >= 0.6 is 0 Å². The van der Waals surface area contributed by atoms with Gasteiger partial charge in [0.15, 0.2) is 5.76 Å². The van der Waals surface area contributed by atoms with Crippen LogP contribution in [0.3, 0.4) is 0 Å². The van der Waals surface area contributed by atoms with Crippen LogP contribution in [-0.4, -0.2) is 62.7 Å². The van der Waals surface area contributed by atoms with Gasteiger partial charge in [0.25, 0.3) is 5.89 Å². The summed E-state index contributed by atoms with van der Waals surface area (Å²) in [6.07, 6.45) is 1.48. The number of alkyl halides is 2. The minimum absolute atomic E-state index is 0.0735. The molecule has 34 heavy (non-hydrogen) atoms. The molecule has 1 aliphatic rings. The van der Waals surface area contributed by atoms with E-state index >= 15 is 0 Å². The standard InChI is InChI=1S/C21H19F2N5O5S/c22-21(23)34(30,31)15-5-3-14(4-6-15)25-18(29)13-27-7-9-28(10-8-27)20-16(12-24)26-19(33-20)17-2-1-11-32-17/h1-6,11,21H,7-10,13H2,(H,25,29). The number of nitrogens with one attached hydrogen (secondary N) is 1. The van der Waals surface area contributed by atoms with E-state index in [9.17, 15) is 27.3 Å². The van der Waals surface area contributed by atoms with Gasteiger partial charge < -0.3 is 19.1 Å². The molecule has 0 unspecified atom stereocenters. The van der Waals surface area contributed by atoms with Crippen molar-refractivity contribution < 1.29 is 30.8 Å². The molecule has 2 aromatic heterocycles. The zero-order valence-corrected chi connectivity index (χ0v) is 18.5. The molecule has 1 fully saturated rings. The Morgan fingerprint density at radius 2 is 1.88 bits per heavy atom. The Kier molecular flexibility index (Phi) is 6.62. The number of carbonyl (C=O) groups is 1. The Hall–Kier alpha value is -3.76. The van der Waals surface area contributed by atoms with Gasteiger partial charge in [0.05, 0.1) is 17.7 Å². The summed E-state index contributed by atoms with van der Waals surface area (Å²) in [5.41, 5.74) is 0.442. The van der Waals surface area contributed by atoms with E-state index < -0.39 is 20.5 Å². The quantitative estimate of drug-likeness (QED) is 0.529. The van der Waals surface area contributed by atoms with E-state index in [0.29, 0.717) is 43.5 Å². The highest BCUT2D eigenvalue weighted by Gasteiger charge is 2.27. The summed E-state index contributed by atoms with van der Waals surface area (Å²) >= 11 is 0. The largest absolute Gasteiger partial charge is 0.459 e. The molecule has 1 saturated heterocycles. The normalized spacial score (nSPS) is 14.8. The van der Waals surface area contributed by atoms with Crippen LogP contribution in [0.25, 0.3) is 11.7 Å². The van der Waals surface area contributed by atoms with Crippen molar-refractivity contribution in [3.8, 4) is 17.7 Å². The molecule has 13 heteroatoms. The van der Waals surface area contributed by atoms with Crippen LogP contribution in [0.5, 0.6) is 0 Å². The summed E-state index contributed by atoms with van der Waals surface area (Å²) in [4.78, 5) is 19.8. The van der Waals surface area contributed by atoms with Crippen molar-refractivity contribution in [1.82, 2.24) is 9.88 Å². The first-order valence-electron chi connectivity index (χ1n) is 10.1. The fraction of sp³-hybridized carbons (Fsp3) is 0.286. The number of rotatable bonds is 7. The van der Waals surface area contributed by atoms with E-state index in [1.165, 1.54) is 18.4 Å². The molecule has 1 N–H and O–H groups in total. The number of benzene rings is 1. The highest BCUT2D eigenvalue weighted by Crippen LogP contribution is 2.29. The van der Waals surface area contributed by atoms with Crippen LogP contribution in [0.4, 0.5) is 20.4 Å². The fourth-order valence-corrected chi connectivity index (χ4v) is 4.17. The zero-order chi connectivity index (χ0) is 24.3. The zero-order valence-electron chi connectivity index (χ0n) is 17.6. The minimum atomic E-state index is -4.69. The molecular formula is C21H19F2N5O5S. The van der Waals surface area contributed by atoms with Crippen LogP contribution in [0.1, 0.15) is 5.69 Å². The van der Waals surface area contributed by atoms with Crippen LogP contribution in [0, 0.1) is 11.3 Å². The molecule has 1 aromatic carbocycles. The summed E-state index contributed by atoms with van der Waals surface area (Å²) in [5.74, 6) is -2.87. The van der Waals surface area contributed by atoms with Gasteiger partial charge in [-0.1, -0.05) is 0 Å². The number of furan rings is 1. The van der Waals surface area contributed by atoms with Gasteiger partial charge >= 0.3 is 5.76 Å². The minimum Gasteiger partial charge on any atom is -0.459 e. The molecule has 0 radical (unpaired) electrons. The molecule has 3 heterocycles. The van der Waals surface area contributed by atoms with Gasteiger partial charge in [-0.05, 0) is 36.4 Å². The van der Waals surface area contributed by atoms with Crippen molar-refractivity contribution in [2.45, 2.75) is 10.7 Å². The third-order valence-corrected chi connectivity index (χ3v) is 6.57. The van der Waals surface area contributed by atoms with Gasteiger partial charge in [-0.3, -0.25) is 9.69 Å². The van der Waals surface area contributed by atoms with Gasteiger partial charge in [-0.2, -0.15) is 19.0 Å². The summed E-state index contributed by atoms with van der Waals surface area (Å²) in [6, 6.07) is 9.96. The summed E-state index contributed by atoms with van der Waals surface area (Å²) in [7, 11) is -4.69. The van der Waals surface area contributed by atoms with Gasteiger partial charge in [0.2, 0.25) is 27.3 Å². The maximum atomic E-state index is 12.6. The van der Waals surface area contributed by atoms with E-state index in [-0.39, 0.29) is 24.0 Å². The molecule has 0 spiro atoms. The van der Waals surface area contributed by atoms with Crippen LogP contribution in [0.15, 0.2) is 56.4 Å². The van der Waals surface area contributed by atoms with Gasteiger partial charge in [-0.15, -0.1) is 0 Å². The smallest absolute Gasteiger partial charge is 0.341 e. The number of amides is 1. The van der Waals surface area contributed by atoms with Crippen molar-refractivity contribution in [2.24, 2.45) is 0 Å². The van der Waals surface area contributed by atoms with Crippen molar-refractivity contribution in [3.63, 3.8) is 0 Å². The average molecular weight is 491 g/mol. The first kappa shape index (κ1) is 23.4. The van der Waals surface area contributed by atoms with Crippen molar-refractivity contribution >= 4 is 27.3 Å². The van der Waals surface area contributed by atoms with Gasteiger partial charge in [-0.25, -0.2) is 8.42 Å². The lowest BCUT2D eigenvalue weighted by atomic mass is 10.3. The average Bonchev–Trinajstić information content (AvgIpc) is 3.50. The maximum Gasteiger partial charge on any atom is 0.341 e. The third kappa shape index (κ3) is 4.92. The first-order chi connectivity index (χ1) is 16.3. The van der Waals surface area contributed by atoms with Crippen LogP contribution in [0.2, 0.25) is 0 Å². The Morgan fingerprint density at radius 1 is 1.18 bits per heavy atom. The van der Waals surface area contributed by atoms with Crippen molar-refractivity contribution in [3.05, 3.63) is 48.4 Å². The molecule has 1 aliphatic heterocycles. The number of hydrogen-bond acceptors (Lipinski definition) is 9. The lowest BCUT2D eigenvalue weighted by molar-refractivity contribution is -0.117. The summed E-state index contributed by atoms with van der Waals surface area (Å²) < 4.78 is 59.2. The van der Waals surface area contributed by atoms with Crippen LogP contribution in [-0.2, 0) is 14.6 Å². The summed E-state index contributed by atoms with van der Waals surface area (Å²) in [5, 5.41) is 12.0. The summed E-state index contributed by atoms with van der Waals surface area (Å²) in [6.45, 7) is 2.09. The van der Waals surface area contributed by atoms with E-state index in [4.69, 9.17) is 8.83 Å². The van der Waals surface area contributed by atoms with Gasteiger partial charge in [0.1, 0.15) is 6.07 Å².